The van der Waals surface area contributed by atoms with E-state index < -0.39 is 0 Å². The smallest absolute Gasteiger partial charge is 0.238 e. The maximum Gasteiger partial charge on any atom is 0.238 e. The Labute approximate surface area is 161 Å². The first kappa shape index (κ1) is 15.7. The second-order valence-corrected chi connectivity index (χ2v) is 7.81. The van der Waals surface area contributed by atoms with Crippen LogP contribution in [0.4, 0.5) is 5.69 Å². The third-order valence-corrected chi connectivity index (χ3v) is 6.34. The van der Waals surface area contributed by atoms with Crippen LogP contribution in [0.3, 0.4) is 0 Å². The normalized spacial score (nSPS) is 27.8. The summed E-state index contributed by atoms with van der Waals surface area (Å²) in [6, 6.07) is 15.2. The maximum absolute atomic E-state index is 12.9. The predicted octanol–water partition coefficient (Wildman–Crippen LogP) is 3.61. The summed E-state index contributed by atoms with van der Waals surface area (Å²) in [5, 5.41) is 0.992. The van der Waals surface area contributed by atoms with E-state index in [-0.39, 0.29) is 35.5 Å². The number of amides is 2. The number of para-hydroxylation sites is 1. The largest absolute Gasteiger partial charge is 0.274 e. The predicted molar refractivity (Wildman–Crippen MR) is 105 cm³/mol. The molecule has 0 spiro atoms. The molecule has 3 aromatic rings. The first-order valence-corrected chi connectivity index (χ1v) is 9.59. The molecule has 2 heterocycles. The van der Waals surface area contributed by atoms with Crippen LogP contribution >= 0.6 is 0 Å². The Morgan fingerprint density at radius 1 is 0.857 bits per heavy atom. The molecule has 2 fully saturated rings. The average molecular weight is 367 g/mol. The van der Waals surface area contributed by atoms with Gasteiger partial charge in [-0.25, -0.2) is 9.97 Å². The molecular weight excluding hydrogens is 350 g/mol. The highest BCUT2D eigenvalue weighted by molar-refractivity contribution is 6.22. The lowest BCUT2D eigenvalue weighted by Crippen LogP contribution is -2.32. The zero-order valence-corrected chi connectivity index (χ0v) is 15.0. The van der Waals surface area contributed by atoms with Crippen LogP contribution in [-0.2, 0) is 9.59 Å². The van der Waals surface area contributed by atoms with Gasteiger partial charge in [0.05, 0.1) is 23.0 Å². The summed E-state index contributed by atoms with van der Waals surface area (Å²) >= 11 is 0. The molecule has 4 atom stereocenters. The van der Waals surface area contributed by atoms with E-state index in [1.807, 2.05) is 54.7 Å². The zero-order valence-electron chi connectivity index (χ0n) is 15.0. The van der Waals surface area contributed by atoms with Crippen molar-refractivity contribution in [2.75, 3.05) is 4.90 Å². The molecule has 2 bridgehead atoms. The van der Waals surface area contributed by atoms with Crippen molar-refractivity contribution in [3.05, 3.63) is 66.9 Å². The van der Waals surface area contributed by atoms with E-state index in [1.165, 1.54) is 4.90 Å². The summed E-state index contributed by atoms with van der Waals surface area (Å²) in [4.78, 5) is 36.3. The molecule has 1 saturated carbocycles. The summed E-state index contributed by atoms with van der Waals surface area (Å²) < 4.78 is 0. The second kappa shape index (κ2) is 5.58. The molecule has 0 radical (unpaired) electrons. The van der Waals surface area contributed by atoms with Gasteiger partial charge in [0.2, 0.25) is 11.8 Å². The molecule has 2 amide bonds. The number of aromatic nitrogens is 2. The zero-order chi connectivity index (χ0) is 18.8. The third-order valence-electron chi connectivity index (χ3n) is 6.34. The minimum absolute atomic E-state index is 0.0541. The number of allylic oxidation sites excluding steroid dienone is 2. The van der Waals surface area contributed by atoms with Crippen molar-refractivity contribution in [1.29, 1.82) is 0 Å². The van der Waals surface area contributed by atoms with Gasteiger partial charge in [0.1, 0.15) is 0 Å². The molecule has 2 aromatic carbocycles. The average Bonchev–Trinajstić information content (AvgIpc) is 3.42. The number of carbonyl (C=O) groups excluding carboxylic acids is 2. The van der Waals surface area contributed by atoms with Gasteiger partial charge in [-0.05, 0) is 48.6 Å². The van der Waals surface area contributed by atoms with Crippen LogP contribution in [0.25, 0.3) is 22.3 Å². The van der Waals surface area contributed by atoms with Crippen LogP contribution in [0.15, 0.2) is 66.9 Å². The number of carbonyl (C=O) groups is 2. The monoisotopic (exact) mass is 367 g/mol. The number of imide groups is 1. The van der Waals surface area contributed by atoms with Crippen LogP contribution < -0.4 is 4.90 Å². The maximum atomic E-state index is 12.9. The van der Waals surface area contributed by atoms with Gasteiger partial charge in [0, 0.05) is 17.1 Å². The highest BCUT2D eigenvalue weighted by atomic mass is 16.2. The third kappa shape index (κ3) is 2.07. The molecule has 6 rings (SSSR count). The van der Waals surface area contributed by atoms with E-state index in [4.69, 9.17) is 0 Å². The Bertz CT molecular complexity index is 1140. The molecule has 1 aliphatic heterocycles. The fraction of sp³-hybridized carbons (Fsp3) is 0.217. The second-order valence-electron chi connectivity index (χ2n) is 7.81. The summed E-state index contributed by atoms with van der Waals surface area (Å²) in [5.74, 6) is 0.618. The van der Waals surface area contributed by atoms with Gasteiger partial charge < -0.3 is 0 Å². The molecular formula is C23H17N3O2. The van der Waals surface area contributed by atoms with Crippen molar-refractivity contribution in [2.45, 2.75) is 6.42 Å². The molecule has 5 heteroatoms. The molecule has 0 N–H and O–H groups in total. The SMILES string of the molecule is O=C1C2C3C=CC(C3)[C@H]2C(=O)N1c1ccc(-c2ncc3ccccc3n2)cc1. The number of rotatable bonds is 2. The molecule has 136 valence electrons. The molecule has 1 aromatic heterocycles. The summed E-state index contributed by atoms with van der Waals surface area (Å²) in [6.45, 7) is 0. The Balaban J connectivity index is 1.33. The highest BCUT2D eigenvalue weighted by Crippen LogP contribution is 2.53. The van der Waals surface area contributed by atoms with Crippen molar-refractivity contribution < 1.29 is 9.59 Å². The lowest BCUT2D eigenvalue weighted by Gasteiger charge is -2.17. The van der Waals surface area contributed by atoms with Crippen LogP contribution in [0.1, 0.15) is 6.42 Å². The number of anilines is 1. The molecule has 3 aliphatic rings. The van der Waals surface area contributed by atoms with Crippen molar-refractivity contribution in [1.82, 2.24) is 9.97 Å². The first-order valence-electron chi connectivity index (χ1n) is 9.59. The lowest BCUT2D eigenvalue weighted by molar-refractivity contribution is -0.123. The number of hydrogen-bond acceptors (Lipinski definition) is 4. The Kier molecular flexibility index (Phi) is 3.13. The fourth-order valence-corrected chi connectivity index (χ4v) is 5.03. The molecule has 1 saturated heterocycles. The number of hydrogen-bond donors (Lipinski definition) is 0. The fourth-order valence-electron chi connectivity index (χ4n) is 5.03. The van der Waals surface area contributed by atoms with E-state index in [0.29, 0.717) is 11.5 Å². The summed E-state index contributed by atoms with van der Waals surface area (Å²) in [5.41, 5.74) is 2.38. The van der Waals surface area contributed by atoms with Crippen molar-refractivity contribution >= 4 is 28.4 Å². The van der Waals surface area contributed by atoms with Crippen molar-refractivity contribution in [3.8, 4) is 11.4 Å². The minimum atomic E-state index is -0.175. The topological polar surface area (TPSA) is 63.2 Å². The number of benzene rings is 2. The number of fused-ring (bicyclic) bond motifs is 6. The standard InChI is InChI=1S/C23H17N3O2/c27-22-19-14-5-6-15(11-14)20(19)23(28)26(22)17-9-7-13(8-10-17)21-24-12-16-3-1-2-4-18(16)25-21/h1-10,12,14-15,19-20H,11H2/t14?,15?,19-,20?/m1/s1. The minimum Gasteiger partial charge on any atom is -0.274 e. The summed E-state index contributed by atoms with van der Waals surface area (Å²) in [6.07, 6.45) is 6.98. The van der Waals surface area contributed by atoms with Gasteiger partial charge in [-0.2, -0.15) is 0 Å². The van der Waals surface area contributed by atoms with Gasteiger partial charge >= 0.3 is 0 Å². The van der Waals surface area contributed by atoms with Gasteiger partial charge in [0.15, 0.2) is 5.82 Å². The quantitative estimate of drug-likeness (QED) is 0.513. The lowest BCUT2D eigenvalue weighted by atomic mass is 9.85. The highest BCUT2D eigenvalue weighted by Gasteiger charge is 2.59. The number of nitrogens with zero attached hydrogens (tertiary/aromatic N) is 3. The Hall–Kier alpha value is -3.34. The van der Waals surface area contributed by atoms with Crippen LogP contribution in [0.5, 0.6) is 0 Å². The van der Waals surface area contributed by atoms with Gasteiger partial charge in [-0.1, -0.05) is 30.4 Å². The van der Waals surface area contributed by atoms with Crippen LogP contribution in [0.2, 0.25) is 0 Å². The van der Waals surface area contributed by atoms with Crippen LogP contribution in [0, 0.1) is 23.7 Å². The summed E-state index contributed by atoms with van der Waals surface area (Å²) in [7, 11) is 0. The first-order chi connectivity index (χ1) is 13.7. The molecule has 5 nitrogen and oxygen atoms in total. The Morgan fingerprint density at radius 2 is 1.54 bits per heavy atom. The molecule has 3 unspecified atom stereocenters. The molecule has 28 heavy (non-hydrogen) atoms. The van der Waals surface area contributed by atoms with E-state index >= 15 is 0 Å². The van der Waals surface area contributed by atoms with E-state index in [2.05, 4.69) is 22.1 Å². The van der Waals surface area contributed by atoms with E-state index in [9.17, 15) is 9.59 Å². The van der Waals surface area contributed by atoms with E-state index in [0.717, 1.165) is 22.9 Å². The van der Waals surface area contributed by atoms with Gasteiger partial charge in [-0.15, -0.1) is 0 Å². The Morgan fingerprint density at radius 3 is 2.25 bits per heavy atom. The molecule has 2 aliphatic carbocycles. The van der Waals surface area contributed by atoms with Gasteiger partial charge in [-0.3, -0.25) is 14.5 Å². The van der Waals surface area contributed by atoms with E-state index in [1.54, 1.807) is 0 Å². The van der Waals surface area contributed by atoms with Gasteiger partial charge in [0.25, 0.3) is 0 Å². The van der Waals surface area contributed by atoms with Crippen molar-refractivity contribution in [3.63, 3.8) is 0 Å². The van der Waals surface area contributed by atoms with Crippen LogP contribution in [-0.4, -0.2) is 21.8 Å². The van der Waals surface area contributed by atoms with Crippen molar-refractivity contribution in [2.24, 2.45) is 23.7 Å².